The van der Waals surface area contributed by atoms with Crippen LogP contribution in [-0.2, 0) is 9.16 Å². The van der Waals surface area contributed by atoms with Crippen LogP contribution in [0.4, 0.5) is 4.79 Å². The molecule has 0 heterocycles. The van der Waals surface area contributed by atoms with E-state index in [-0.39, 0.29) is 17.2 Å². The van der Waals surface area contributed by atoms with Crippen LogP contribution >= 0.6 is 11.8 Å². The molecule has 0 fully saturated rings. The first kappa shape index (κ1) is 21.8. The fourth-order valence-corrected chi connectivity index (χ4v) is 3.03. The van der Waals surface area contributed by atoms with Crippen molar-refractivity contribution >= 4 is 26.2 Å². The lowest BCUT2D eigenvalue weighted by atomic mass is 10.2. The Labute approximate surface area is 142 Å². The minimum Gasteiger partial charge on any atom is -0.444 e. The van der Waals surface area contributed by atoms with Crippen molar-refractivity contribution in [1.29, 1.82) is 0 Å². The number of carbonyl (C=O) groups excluding carboxylic acids is 1. The Kier molecular flexibility index (Phi) is 8.51. The van der Waals surface area contributed by atoms with Crippen molar-refractivity contribution in [3.05, 3.63) is 0 Å². The van der Waals surface area contributed by atoms with E-state index >= 15 is 0 Å². The van der Waals surface area contributed by atoms with Gasteiger partial charge >= 0.3 is 6.09 Å². The van der Waals surface area contributed by atoms with E-state index in [4.69, 9.17) is 9.16 Å². The number of ether oxygens (including phenoxy) is 1. The van der Waals surface area contributed by atoms with E-state index < -0.39 is 13.9 Å². The maximum Gasteiger partial charge on any atom is 0.407 e. The molecule has 0 saturated carbocycles. The Morgan fingerprint density at radius 2 is 1.73 bits per heavy atom. The van der Waals surface area contributed by atoms with Gasteiger partial charge in [0.05, 0.1) is 12.6 Å². The van der Waals surface area contributed by atoms with Crippen LogP contribution < -0.4 is 5.32 Å². The molecule has 0 rings (SSSR count). The third-order valence-corrected chi connectivity index (χ3v) is 8.99. The number of hydrogen-bond acceptors (Lipinski definition) is 4. The van der Waals surface area contributed by atoms with Gasteiger partial charge in [-0.2, -0.15) is 11.8 Å². The summed E-state index contributed by atoms with van der Waals surface area (Å²) in [6, 6.07) is -0.00331. The van der Waals surface area contributed by atoms with Crippen molar-refractivity contribution in [2.45, 2.75) is 77.7 Å². The van der Waals surface area contributed by atoms with Crippen LogP contribution in [0.1, 0.15) is 48.0 Å². The lowest BCUT2D eigenvalue weighted by molar-refractivity contribution is 0.0484. The fourth-order valence-electron chi connectivity index (χ4n) is 1.46. The molecule has 0 spiro atoms. The first-order chi connectivity index (χ1) is 9.78. The zero-order chi connectivity index (χ0) is 17.6. The highest BCUT2D eigenvalue weighted by molar-refractivity contribution is 7.98. The molecule has 0 radical (unpaired) electrons. The Hall–Kier alpha value is -0.203. The molecule has 0 saturated heterocycles. The fraction of sp³-hybridized carbons (Fsp3) is 0.938. The van der Waals surface area contributed by atoms with E-state index in [1.165, 1.54) is 0 Å². The number of nitrogens with one attached hydrogen (secondary N) is 1. The SMILES string of the molecule is CSCC[C@@H](CO[Si](C)(C)C(C)(C)C)NC(=O)OC(C)(C)C. The summed E-state index contributed by atoms with van der Waals surface area (Å²) in [5.74, 6) is 0.987. The molecule has 0 aliphatic carbocycles. The second-order valence-electron chi connectivity index (χ2n) is 8.20. The number of hydrogen-bond donors (Lipinski definition) is 1. The summed E-state index contributed by atoms with van der Waals surface area (Å²) in [7, 11) is -1.80. The monoisotopic (exact) mass is 349 g/mol. The largest absolute Gasteiger partial charge is 0.444 e. The minimum absolute atomic E-state index is 0.00331. The zero-order valence-electron chi connectivity index (χ0n) is 15.8. The number of amides is 1. The lowest BCUT2D eigenvalue weighted by Gasteiger charge is -2.37. The van der Waals surface area contributed by atoms with Gasteiger partial charge in [-0.05, 0) is 57.3 Å². The van der Waals surface area contributed by atoms with Crippen LogP contribution in [0.15, 0.2) is 0 Å². The molecule has 132 valence electrons. The number of thioether (sulfide) groups is 1. The van der Waals surface area contributed by atoms with Gasteiger partial charge < -0.3 is 14.5 Å². The molecular weight excluding hydrogens is 314 g/mol. The van der Waals surface area contributed by atoms with E-state index in [2.05, 4.69) is 45.4 Å². The van der Waals surface area contributed by atoms with Crippen LogP contribution in [0, 0.1) is 0 Å². The van der Waals surface area contributed by atoms with Gasteiger partial charge in [0.25, 0.3) is 0 Å². The molecule has 0 aromatic carbocycles. The number of carbonyl (C=O) groups is 1. The topological polar surface area (TPSA) is 47.6 Å². The summed E-state index contributed by atoms with van der Waals surface area (Å²) < 4.78 is 11.6. The summed E-state index contributed by atoms with van der Waals surface area (Å²) in [6.45, 7) is 17.3. The van der Waals surface area contributed by atoms with Crippen molar-refractivity contribution in [2.24, 2.45) is 0 Å². The molecule has 1 atom stereocenters. The first-order valence-electron chi connectivity index (χ1n) is 7.91. The van der Waals surface area contributed by atoms with Gasteiger partial charge in [0.2, 0.25) is 0 Å². The molecule has 4 nitrogen and oxygen atoms in total. The van der Waals surface area contributed by atoms with Crippen molar-refractivity contribution in [2.75, 3.05) is 18.6 Å². The van der Waals surface area contributed by atoms with Gasteiger partial charge in [0.1, 0.15) is 5.60 Å². The first-order valence-corrected chi connectivity index (χ1v) is 12.2. The van der Waals surface area contributed by atoms with Crippen LogP contribution in [0.3, 0.4) is 0 Å². The Bertz CT molecular complexity index is 348. The van der Waals surface area contributed by atoms with Gasteiger partial charge in [0, 0.05) is 0 Å². The number of alkyl carbamates (subject to hydrolysis) is 1. The van der Waals surface area contributed by atoms with Gasteiger partial charge in [-0.1, -0.05) is 20.8 Å². The van der Waals surface area contributed by atoms with Gasteiger partial charge in [-0.25, -0.2) is 4.79 Å². The van der Waals surface area contributed by atoms with E-state index in [1.807, 2.05) is 20.8 Å². The van der Waals surface area contributed by atoms with Crippen LogP contribution in [-0.4, -0.2) is 44.7 Å². The zero-order valence-corrected chi connectivity index (χ0v) is 17.6. The molecule has 22 heavy (non-hydrogen) atoms. The molecule has 0 aliphatic rings. The molecule has 0 aliphatic heterocycles. The highest BCUT2D eigenvalue weighted by Gasteiger charge is 2.37. The third-order valence-electron chi connectivity index (χ3n) is 3.84. The Morgan fingerprint density at radius 1 is 1.18 bits per heavy atom. The third kappa shape index (κ3) is 9.05. The van der Waals surface area contributed by atoms with Crippen LogP contribution in [0.2, 0.25) is 18.1 Å². The van der Waals surface area contributed by atoms with Crippen LogP contribution in [0.25, 0.3) is 0 Å². The van der Waals surface area contributed by atoms with Gasteiger partial charge in [-0.15, -0.1) is 0 Å². The molecule has 0 unspecified atom stereocenters. The molecule has 0 bridgehead atoms. The van der Waals surface area contributed by atoms with Crippen molar-refractivity contribution in [1.82, 2.24) is 5.32 Å². The van der Waals surface area contributed by atoms with Crippen LogP contribution in [0.5, 0.6) is 0 Å². The summed E-state index contributed by atoms with van der Waals surface area (Å²) in [6.07, 6.45) is 2.59. The Morgan fingerprint density at radius 3 is 2.14 bits per heavy atom. The summed E-state index contributed by atoms with van der Waals surface area (Å²) in [5, 5.41) is 3.12. The normalized spacial score (nSPS) is 14.6. The predicted molar refractivity (Wildman–Crippen MR) is 99.3 cm³/mol. The lowest BCUT2D eigenvalue weighted by Crippen LogP contribution is -2.47. The standard InChI is InChI=1S/C16H35NO3SSi/c1-15(2,3)20-14(18)17-13(10-11-21-7)12-19-22(8,9)16(4,5)6/h13H,10-12H2,1-9H3,(H,17,18)/t13-/m0/s1. The highest BCUT2D eigenvalue weighted by atomic mass is 32.2. The quantitative estimate of drug-likeness (QED) is 0.679. The molecule has 1 amide bonds. The average molecular weight is 350 g/mol. The van der Waals surface area contributed by atoms with E-state index in [0.717, 1.165) is 12.2 Å². The summed E-state index contributed by atoms with van der Waals surface area (Å²) in [4.78, 5) is 12.0. The molecule has 6 heteroatoms. The maximum atomic E-state index is 12.0. The minimum atomic E-state index is -1.80. The molecular formula is C16H35NO3SSi. The molecule has 1 N–H and O–H groups in total. The Balaban J connectivity index is 4.62. The maximum absolute atomic E-state index is 12.0. The average Bonchev–Trinajstić information content (AvgIpc) is 2.28. The van der Waals surface area contributed by atoms with Gasteiger partial charge in [0.15, 0.2) is 8.32 Å². The smallest absolute Gasteiger partial charge is 0.407 e. The highest BCUT2D eigenvalue weighted by Crippen LogP contribution is 2.36. The molecule has 0 aromatic heterocycles. The van der Waals surface area contributed by atoms with E-state index in [0.29, 0.717) is 6.61 Å². The number of rotatable bonds is 7. The van der Waals surface area contributed by atoms with Crippen molar-refractivity contribution in [3.63, 3.8) is 0 Å². The second-order valence-corrected chi connectivity index (χ2v) is 14.0. The predicted octanol–water partition coefficient (Wildman–Crippen LogP) is 4.65. The summed E-state index contributed by atoms with van der Waals surface area (Å²) >= 11 is 1.77. The van der Waals surface area contributed by atoms with Crippen molar-refractivity contribution < 1.29 is 14.0 Å². The van der Waals surface area contributed by atoms with E-state index in [1.54, 1.807) is 11.8 Å². The summed E-state index contributed by atoms with van der Waals surface area (Å²) in [5.41, 5.74) is -0.478. The molecule has 0 aromatic rings. The second kappa shape index (κ2) is 8.59. The van der Waals surface area contributed by atoms with Gasteiger partial charge in [-0.3, -0.25) is 0 Å². The van der Waals surface area contributed by atoms with Crippen molar-refractivity contribution in [3.8, 4) is 0 Å². The van der Waals surface area contributed by atoms with E-state index in [9.17, 15) is 4.79 Å².